The fourth-order valence-electron chi connectivity index (χ4n) is 1.93. The molecule has 0 bridgehead atoms. The first-order chi connectivity index (χ1) is 11.4. The zero-order valence-electron chi connectivity index (χ0n) is 12.3. The SMILES string of the molecule is O=C(NCCc1ccc(O)c(O)c1)Nc1ccc([N+](=O)[O-])cc1Cl. The summed E-state index contributed by atoms with van der Waals surface area (Å²) in [6.07, 6.45) is 0.440. The fourth-order valence-corrected chi connectivity index (χ4v) is 2.15. The molecular formula is C15H14ClN3O5. The Balaban J connectivity index is 1.87. The highest BCUT2D eigenvalue weighted by Crippen LogP contribution is 2.26. The number of hydrogen-bond donors (Lipinski definition) is 4. The molecular weight excluding hydrogens is 338 g/mol. The summed E-state index contributed by atoms with van der Waals surface area (Å²) in [6.45, 7) is 0.278. The summed E-state index contributed by atoms with van der Waals surface area (Å²) in [4.78, 5) is 21.8. The van der Waals surface area contributed by atoms with Crippen molar-refractivity contribution in [2.75, 3.05) is 11.9 Å². The van der Waals surface area contributed by atoms with E-state index in [-0.39, 0.29) is 34.4 Å². The Morgan fingerprint density at radius 3 is 2.54 bits per heavy atom. The number of anilines is 1. The van der Waals surface area contributed by atoms with Crippen molar-refractivity contribution in [3.63, 3.8) is 0 Å². The molecule has 0 spiro atoms. The van der Waals surface area contributed by atoms with E-state index in [4.69, 9.17) is 11.6 Å². The molecule has 0 aromatic heterocycles. The number of phenols is 2. The number of phenolic OH excluding ortho intramolecular Hbond substituents is 2. The highest BCUT2D eigenvalue weighted by Gasteiger charge is 2.11. The van der Waals surface area contributed by atoms with Gasteiger partial charge in [-0.1, -0.05) is 17.7 Å². The third kappa shape index (κ3) is 4.50. The lowest BCUT2D eigenvalue weighted by Gasteiger charge is -2.09. The van der Waals surface area contributed by atoms with Crippen LogP contribution in [0.3, 0.4) is 0 Å². The minimum Gasteiger partial charge on any atom is -0.504 e. The van der Waals surface area contributed by atoms with Gasteiger partial charge in [-0.25, -0.2) is 4.79 Å². The van der Waals surface area contributed by atoms with Crippen LogP contribution in [0.2, 0.25) is 5.02 Å². The van der Waals surface area contributed by atoms with Gasteiger partial charge in [0.05, 0.1) is 15.6 Å². The summed E-state index contributed by atoms with van der Waals surface area (Å²) >= 11 is 5.88. The monoisotopic (exact) mass is 351 g/mol. The van der Waals surface area contributed by atoms with Gasteiger partial charge in [0, 0.05) is 18.7 Å². The van der Waals surface area contributed by atoms with E-state index < -0.39 is 11.0 Å². The molecule has 0 saturated heterocycles. The quantitative estimate of drug-likeness (QED) is 0.374. The second kappa shape index (κ2) is 7.51. The maximum atomic E-state index is 11.8. The molecule has 0 unspecified atom stereocenters. The molecule has 24 heavy (non-hydrogen) atoms. The number of carbonyl (C=O) groups is 1. The highest BCUT2D eigenvalue weighted by atomic mass is 35.5. The minimum absolute atomic E-state index is 0.0582. The van der Waals surface area contributed by atoms with E-state index in [1.54, 1.807) is 6.07 Å². The van der Waals surface area contributed by atoms with Crippen molar-refractivity contribution in [3.8, 4) is 11.5 Å². The zero-order chi connectivity index (χ0) is 17.7. The van der Waals surface area contributed by atoms with Gasteiger partial charge in [-0.05, 0) is 30.2 Å². The van der Waals surface area contributed by atoms with Crippen molar-refractivity contribution in [2.24, 2.45) is 0 Å². The summed E-state index contributed by atoms with van der Waals surface area (Å²) in [6, 6.07) is 7.61. The van der Waals surface area contributed by atoms with E-state index in [0.717, 1.165) is 11.6 Å². The van der Waals surface area contributed by atoms with Crippen molar-refractivity contribution < 1.29 is 19.9 Å². The normalized spacial score (nSPS) is 10.2. The molecule has 2 aromatic carbocycles. The number of rotatable bonds is 5. The lowest BCUT2D eigenvalue weighted by molar-refractivity contribution is -0.384. The first-order valence-corrected chi connectivity index (χ1v) is 7.24. The number of hydrogen-bond acceptors (Lipinski definition) is 5. The van der Waals surface area contributed by atoms with E-state index in [1.807, 2.05) is 0 Å². The summed E-state index contributed by atoms with van der Waals surface area (Å²) < 4.78 is 0. The smallest absolute Gasteiger partial charge is 0.319 e. The van der Waals surface area contributed by atoms with Crippen LogP contribution in [0.1, 0.15) is 5.56 Å². The van der Waals surface area contributed by atoms with Crippen LogP contribution in [-0.4, -0.2) is 27.7 Å². The third-order valence-corrected chi connectivity index (χ3v) is 3.46. The zero-order valence-corrected chi connectivity index (χ0v) is 13.1. The molecule has 0 saturated carbocycles. The van der Waals surface area contributed by atoms with E-state index in [0.29, 0.717) is 6.42 Å². The molecule has 0 radical (unpaired) electrons. The van der Waals surface area contributed by atoms with Crippen LogP contribution in [0.25, 0.3) is 0 Å². The van der Waals surface area contributed by atoms with Crippen LogP contribution in [0.5, 0.6) is 11.5 Å². The van der Waals surface area contributed by atoms with Gasteiger partial charge in [0.25, 0.3) is 5.69 Å². The van der Waals surface area contributed by atoms with Crippen molar-refractivity contribution >= 4 is 29.0 Å². The molecule has 0 aliphatic heterocycles. The second-order valence-corrected chi connectivity index (χ2v) is 5.28. The standard InChI is InChI=1S/C15H14ClN3O5/c16-11-8-10(19(23)24)2-3-12(11)18-15(22)17-6-5-9-1-4-13(20)14(21)7-9/h1-4,7-8,20-21H,5-6H2,(H2,17,18,22). The van der Waals surface area contributed by atoms with Gasteiger partial charge in [-0.3, -0.25) is 10.1 Å². The van der Waals surface area contributed by atoms with Crippen molar-refractivity contribution in [1.82, 2.24) is 5.32 Å². The number of urea groups is 1. The molecule has 0 fully saturated rings. The molecule has 2 aromatic rings. The average Bonchev–Trinajstić information content (AvgIpc) is 2.52. The van der Waals surface area contributed by atoms with Gasteiger partial charge in [0.1, 0.15) is 0 Å². The Labute approximate surface area is 141 Å². The number of amides is 2. The number of carbonyl (C=O) groups excluding carboxylic acids is 1. The Kier molecular flexibility index (Phi) is 5.43. The van der Waals surface area contributed by atoms with Crippen molar-refractivity contribution in [2.45, 2.75) is 6.42 Å². The lowest BCUT2D eigenvalue weighted by Crippen LogP contribution is -2.30. The van der Waals surface area contributed by atoms with Gasteiger partial charge < -0.3 is 20.8 Å². The first-order valence-electron chi connectivity index (χ1n) is 6.86. The largest absolute Gasteiger partial charge is 0.504 e. The van der Waals surface area contributed by atoms with Crippen LogP contribution in [0, 0.1) is 10.1 Å². The summed E-state index contributed by atoms with van der Waals surface area (Å²) in [7, 11) is 0. The topological polar surface area (TPSA) is 125 Å². The van der Waals surface area contributed by atoms with Gasteiger partial charge >= 0.3 is 6.03 Å². The number of nitro groups is 1. The van der Waals surface area contributed by atoms with Crippen molar-refractivity contribution in [1.29, 1.82) is 0 Å². The number of nitro benzene ring substituents is 1. The number of nitrogens with zero attached hydrogens (tertiary/aromatic N) is 1. The third-order valence-electron chi connectivity index (χ3n) is 3.15. The Morgan fingerprint density at radius 1 is 1.17 bits per heavy atom. The minimum atomic E-state index is -0.581. The van der Waals surface area contributed by atoms with Crippen LogP contribution in [0.15, 0.2) is 36.4 Å². The molecule has 0 atom stereocenters. The van der Waals surface area contributed by atoms with Crippen LogP contribution >= 0.6 is 11.6 Å². The predicted molar refractivity (Wildman–Crippen MR) is 88.6 cm³/mol. The predicted octanol–water partition coefficient (Wildman–Crippen LogP) is 3.02. The molecule has 4 N–H and O–H groups in total. The number of halogens is 1. The van der Waals surface area contributed by atoms with Gasteiger partial charge in [0.2, 0.25) is 0 Å². The Hall–Kier alpha value is -3.00. The molecule has 0 aliphatic rings. The number of aromatic hydroxyl groups is 2. The highest BCUT2D eigenvalue weighted by molar-refractivity contribution is 6.33. The van der Waals surface area contributed by atoms with Crippen molar-refractivity contribution in [3.05, 3.63) is 57.1 Å². The molecule has 9 heteroatoms. The lowest BCUT2D eigenvalue weighted by atomic mass is 10.1. The maximum absolute atomic E-state index is 11.8. The van der Waals surface area contributed by atoms with E-state index in [2.05, 4.69) is 10.6 Å². The molecule has 0 heterocycles. The van der Waals surface area contributed by atoms with Gasteiger partial charge in [-0.2, -0.15) is 0 Å². The number of non-ortho nitro benzene ring substituents is 1. The number of nitrogens with one attached hydrogen (secondary N) is 2. The molecule has 2 amide bonds. The van der Waals surface area contributed by atoms with E-state index >= 15 is 0 Å². The van der Waals surface area contributed by atoms with Crippen LogP contribution in [-0.2, 0) is 6.42 Å². The Bertz CT molecular complexity index is 782. The van der Waals surface area contributed by atoms with Crippen LogP contribution in [0.4, 0.5) is 16.2 Å². The first kappa shape index (κ1) is 17.4. The van der Waals surface area contributed by atoms with E-state index in [9.17, 15) is 25.1 Å². The molecule has 126 valence electrons. The molecule has 0 aliphatic carbocycles. The number of benzene rings is 2. The second-order valence-electron chi connectivity index (χ2n) is 4.88. The average molecular weight is 352 g/mol. The van der Waals surface area contributed by atoms with Gasteiger partial charge in [0.15, 0.2) is 11.5 Å². The van der Waals surface area contributed by atoms with Gasteiger partial charge in [-0.15, -0.1) is 0 Å². The summed E-state index contributed by atoms with van der Waals surface area (Å²) in [5.41, 5.74) is 0.819. The van der Waals surface area contributed by atoms with E-state index in [1.165, 1.54) is 24.3 Å². The molecule has 8 nitrogen and oxygen atoms in total. The van der Waals surface area contributed by atoms with Crippen LogP contribution < -0.4 is 10.6 Å². The fraction of sp³-hybridized carbons (Fsp3) is 0.133. The Morgan fingerprint density at radius 2 is 1.92 bits per heavy atom. The maximum Gasteiger partial charge on any atom is 0.319 e. The summed E-state index contributed by atoms with van der Waals surface area (Å²) in [5.74, 6) is -0.438. The molecule has 2 rings (SSSR count). The summed E-state index contributed by atoms with van der Waals surface area (Å²) in [5, 5.41) is 34.4.